The van der Waals surface area contributed by atoms with Gasteiger partial charge in [0.05, 0.1) is 10.6 Å². The van der Waals surface area contributed by atoms with E-state index in [0.29, 0.717) is 9.23 Å². The van der Waals surface area contributed by atoms with Crippen LogP contribution in [0.5, 0.6) is 0 Å². The van der Waals surface area contributed by atoms with Crippen molar-refractivity contribution in [3.8, 4) is 16.9 Å². The number of hydrogen-bond donors (Lipinski definition) is 1. The van der Waals surface area contributed by atoms with Crippen molar-refractivity contribution in [3.63, 3.8) is 0 Å². The van der Waals surface area contributed by atoms with Crippen molar-refractivity contribution in [1.82, 2.24) is 15.1 Å². The number of rotatable bonds is 3. The lowest BCUT2D eigenvalue weighted by molar-refractivity contribution is -0.115. The molecule has 4 nitrogen and oxygen atoms in total. The van der Waals surface area contributed by atoms with Crippen molar-refractivity contribution in [2.75, 3.05) is 0 Å². The summed E-state index contributed by atoms with van der Waals surface area (Å²) in [6, 6.07) is 18.0. The second kappa shape index (κ2) is 6.90. The first-order valence-corrected chi connectivity index (χ1v) is 9.30. The minimum Gasteiger partial charge on any atom is -0.307 e. The molecule has 1 aromatic heterocycles. The number of carbonyl (C=O) groups is 1. The van der Waals surface area contributed by atoms with E-state index in [1.165, 1.54) is 11.8 Å². The van der Waals surface area contributed by atoms with Crippen molar-refractivity contribution >= 4 is 40.3 Å². The van der Waals surface area contributed by atoms with Crippen LogP contribution >= 0.6 is 24.0 Å². The number of aromatic nitrogens is 2. The van der Waals surface area contributed by atoms with Crippen LogP contribution in [0.15, 0.2) is 65.7 Å². The molecule has 1 amide bonds. The summed E-state index contributed by atoms with van der Waals surface area (Å²) in [7, 11) is 0. The summed E-state index contributed by atoms with van der Waals surface area (Å²) in [6.07, 6.45) is 3.80. The molecule has 0 bridgehead atoms. The second-order valence-corrected chi connectivity index (χ2v) is 7.60. The highest BCUT2D eigenvalue weighted by Crippen LogP contribution is 2.32. The van der Waals surface area contributed by atoms with Crippen LogP contribution in [0.25, 0.3) is 23.0 Å². The lowest BCUT2D eigenvalue weighted by atomic mass is 10.0. The molecule has 1 aliphatic heterocycles. The Bertz CT molecular complexity index is 1040. The maximum atomic E-state index is 12.1. The molecular formula is C20H15N3OS2. The Hall–Kier alpha value is -2.70. The quantitative estimate of drug-likeness (QED) is 0.545. The van der Waals surface area contributed by atoms with Crippen LogP contribution in [-0.2, 0) is 4.79 Å². The van der Waals surface area contributed by atoms with Gasteiger partial charge in [0.15, 0.2) is 0 Å². The number of hydrogen-bond acceptors (Lipinski definition) is 4. The van der Waals surface area contributed by atoms with Crippen LogP contribution in [0.3, 0.4) is 0 Å². The molecular weight excluding hydrogens is 362 g/mol. The molecule has 0 unspecified atom stereocenters. The van der Waals surface area contributed by atoms with Gasteiger partial charge in [-0.05, 0) is 30.7 Å². The van der Waals surface area contributed by atoms with Gasteiger partial charge in [0.25, 0.3) is 5.91 Å². The van der Waals surface area contributed by atoms with Crippen LogP contribution in [0.1, 0.15) is 11.1 Å². The summed E-state index contributed by atoms with van der Waals surface area (Å²) in [4.78, 5) is 12.6. The highest BCUT2D eigenvalue weighted by atomic mass is 32.2. The molecule has 0 saturated carbocycles. The van der Waals surface area contributed by atoms with Gasteiger partial charge in [-0.2, -0.15) is 5.10 Å². The van der Waals surface area contributed by atoms with Crippen molar-refractivity contribution in [2.24, 2.45) is 0 Å². The minimum atomic E-state index is -0.164. The zero-order valence-corrected chi connectivity index (χ0v) is 15.6. The van der Waals surface area contributed by atoms with Gasteiger partial charge < -0.3 is 5.32 Å². The summed E-state index contributed by atoms with van der Waals surface area (Å²) in [5.74, 6) is -0.164. The van der Waals surface area contributed by atoms with E-state index < -0.39 is 0 Å². The zero-order chi connectivity index (χ0) is 18.1. The van der Waals surface area contributed by atoms with Gasteiger partial charge in [0.2, 0.25) is 0 Å². The largest absolute Gasteiger partial charge is 0.307 e. The van der Waals surface area contributed by atoms with Gasteiger partial charge in [-0.25, -0.2) is 4.68 Å². The Morgan fingerprint density at radius 3 is 2.54 bits per heavy atom. The van der Waals surface area contributed by atoms with E-state index >= 15 is 0 Å². The summed E-state index contributed by atoms with van der Waals surface area (Å²) >= 11 is 6.36. The number of aryl methyl sites for hydroxylation is 1. The Morgan fingerprint density at radius 2 is 1.85 bits per heavy atom. The third-order valence-electron chi connectivity index (χ3n) is 4.09. The molecule has 3 aromatic rings. The Morgan fingerprint density at radius 1 is 1.12 bits per heavy atom. The first-order chi connectivity index (χ1) is 12.6. The molecule has 0 aliphatic carbocycles. The van der Waals surface area contributed by atoms with Gasteiger partial charge >= 0.3 is 0 Å². The van der Waals surface area contributed by atoms with E-state index in [-0.39, 0.29) is 5.91 Å². The van der Waals surface area contributed by atoms with Gasteiger partial charge in [-0.3, -0.25) is 4.79 Å². The highest BCUT2D eigenvalue weighted by molar-refractivity contribution is 8.26. The van der Waals surface area contributed by atoms with Crippen molar-refractivity contribution in [1.29, 1.82) is 0 Å². The maximum absolute atomic E-state index is 12.1. The van der Waals surface area contributed by atoms with E-state index in [1.807, 2.05) is 65.5 Å². The van der Waals surface area contributed by atoms with Crippen LogP contribution in [0.4, 0.5) is 0 Å². The molecule has 1 N–H and O–H groups in total. The number of benzene rings is 2. The first kappa shape index (κ1) is 16.8. The fourth-order valence-electron chi connectivity index (χ4n) is 2.82. The molecule has 2 heterocycles. The normalized spacial score (nSPS) is 15.5. The summed E-state index contributed by atoms with van der Waals surface area (Å²) in [6.45, 7) is 2.06. The smallest absolute Gasteiger partial charge is 0.263 e. The Kier molecular flexibility index (Phi) is 4.44. The molecule has 4 rings (SSSR count). The molecule has 128 valence electrons. The van der Waals surface area contributed by atoms with E-state index in [0.717, 1.165) is 28.1 Å². The zero-order valence-electron chi connectivity index (χ0n) is 14.0. The molecule has 2 aromatic carbocycles. The fraction of sp³-hybridized carbons (Fsp3) is 0.0500. The van der Waals surface area contributed by atoms with Crippen molar-refractivity contribution < 1.29 is 4.79 Å². The van der Waals surface area contributed by atoms with Crippen LogP contribution in [0.2, 0.25) is 0 Å². The van der Waals surface area contributed by atoms with Gasteiger partial charge in [-0.15, -0.1) is 0 Å². The van der Waals surface area contributed by atoms with Gasteiger partial charge in [0, 0.05) is 17.3 Å². The molecule has 1 saturated heterocycles. The lowest BCUT2D eigenvalue weighted by Crippen LogP contribution is -2.17. The highest BCUT2D eigenvalue weighted by Gasteiger charge is 2.23. The number of thioether (sulfide) groups is 1. The number of nitrogens with one attached hydrogen (secondary N) is 1. The lowest BCUT2D eigenvalue weighted by Gasteiger charge is -2.04. The number of para-hydroxylation sites is 1. The molecule has 1 fully saturated rings. The Balaban J connectivity index is 1.88. The third kappa shape index (κ3) is 3.21. The van der Waals surface area contributed by atoms with E-state index in [2.05, 4.69) is 18.3 Å². The molecule has 6 heteroatoms. The fourth-order valence-corrected chi connectivity index (χ4v) is 3.85. The average molecular weight is 377 g/mol. The van der Waals surface area contributed by atoms with Crippen molar-refractivity contribution in [2.45, 2.75) is 6.92 Å². The van der Waals surface area contributed by atoms with Gasteiger partial charge in [-0.1, -0.05) is 66.4 Å². The average Bonchev–Trinajstić information content (AvgIpc) is 3.19. The monoisotopic (exact) mass is 377 g/mol. The van der Waals surface area contributed by atoms with Crippen LogP contribution < -0.4 is 5.32 Å². The minimum absolute atomic E-state index is 0.164. The van der Waals surface area contributed by atoms with E-state index in [4.69, 9.17) is 17.3 Å². The van der Waals surface area contributed by atoms with E-state index in [1.54, 1.807) is 0 Å². The summed E-state index contributed by atoms with van der Waals surface area (Å²) < 4.78 is 2.32. The predicted octanol–water partition coefficient (Wildman–Crippen LogP) is 4.34. The number of nitrogens with zero attached hydrogens (tertiary/aromatic N) is 2. The second-order valence-electron chi connectivity index (χ2n) is 5.88. The van der Waals surface area contributed by atoms with Gasteiger partial charge in [0.1, 0.15) is 10.0 Å². The van der Waals surface area contributed by atoms with Crippen LogP contribution in [-0.4, -0.2) is 20.0 Å². The summed E-state index contributed by atoms with van der Waals surface area (Å²) in [5, 5.41) is 7.45. The molecule has 1 aliphatic rings. The maximum Gasteiger partial charge on any atom is 0.263 e. The van der Waals surface area contributed by atoms with Crippen LogP contribution in [0, 0.1) is 6.92 Å². The Labute approximate surface area is 160 Å². The molecule has 0 radical (unpaired) electrons. The first-order valence-electron chi connectivity index (χ1n) is 8.08. The SMILES string of the molecule is Cc1ccccc1-c1nn(-c2ccccc2)cc1/C=C1\SC(=S)NC1=O. The van der Waals surface area contributed by atoms with E-state index in [9.17, 15) is 4.79 Å². The molecule has 0 atom stereocenters. The molecule has 0 spiro atoms. The third-order valence-corrected chi connectivity index (χ3v) is 5.25. The predicted molar refractivity (Wildman–Crippen MR) is 110 cm³/mol. The standard InChI is InChI=1S/C20H15N3OS2/c1-13-7-5-6-10-16(13)18-14(11-17-19(24)21-20(25)26-17)12-23(22-18)15-8-3-2-4-9-15/h2-12H,1H3,(H,21,24,25)/b17-11-. The number of thiocarbonyl (C=S) groups is 1. The topological polar surface area (TPSA) is 46.9 Å². The summed E-state index contributed by atoms with van der Waals surface area (Å²) in [5.41, 5.74) is 4.85. The number of carbonyl (C=O) groups excluding carboxylic acids is 1. The van der Waals surface area contributed by atoms with Crippen molar-refractivity contribution in [3.05, 3.63) is 76.8 Å². The molecule has 26 heavy (non-hydrogen) atoms. The number of amides is 1.